The molecule has 0 amide bonds. The molecule has 2 aromatic rings. The first-order valence-electron chi connectivity index (χ1n) is 5.49. The van der Waals surface area contributed by atoms with E-state index in [2.05, 4.69) is 0 Å². The number of rotatable bonds is 2. The summed E-state index contributed by atoms with van der Waals surface area (Å²) in [5.74, 6) is -0.583. The lowest BCUT2D eigenvalue weighted by Gasteiger charge is -2.08. The van der Waals surface area contributed by atoms with Gasteiger partial charge in [-0.3, -0.25) is 0 Å². The summed E-state index contributed by atoms with van der Waals surface area (Å²) in [5, 5.41) is 8.84. The second-order valence-corrected chi connectivity index (χ2v) is 4.04. The van der Waals surface area contributed by atoms with E-state index in [-0.39, 0.29) is 5.56 Å². The molecule has 0 aromatic heterocycles. The van der Waals surface area contributed by atoms with Crippen LogP contribution in [0.1, 0.15) is 11.1 Å². The first-order chi connectivity index (χ1) is 8.91. The maximum atomic E-state index is 13.5. The number of halogens is 4. The largest absolute Gasteiger partial charge is 0.416 e. The zero-order valence-corrected chi connectivity index (χ0v) is 9.71. The van der Waals surface area contributed by atoms with E-state index >= 15 is 0 Å². The van der Waals surface area contributed by atoms with Crippen LogP contribution in [-0.4, -0.2) is 5.11 Å². The zero-order chi connectivity index (χ0) is 14.0. The summed E-state index contributed by atoms with van der Waals surface area (Å²) in [6, 6.07) is 8.63. The third-order valence-electron chi connectivity index (χ3n) is 2.77. The summed E-state index contributed by atoms with van der Waals surface area (Å²) in [7, 11) is 0. The van der Waals surface area contributed by atoms with Gasteiger partial charge < -0.3 is 5.11 Å². The topological polar surface area (TPSA) is 20.2 Å². The van der Waals surface area contributed by atoms with Crippen LogP contribution in [0.25, 0.3) is 11.1 Å². The number of hydrogen-bond acceptors (Lipinski definition) is 1. The number of alkyl halides is 3. The van der Waals surface area contributed by atoms with Crippen LogP contribution in [0.4, 0.5) is 17.6 Å². The van der Waals surface area contributed by atoms with Crippen LogP contribution >= 0.6 is 0 Å². The Balaban J connectivity index is 2.35. The Labute approximate surface area is 107 Å². The molecule has 0 unspecified atom stereocenters. The molecule has 19 heavy (non-hydrogen) atoms. The van der Waals surface area contributed by atoms with E-state index < -0.39 is 24.2 Å². The van der Waals surface area contributed by atoms with Gasteiger partial charge in [-0.05, 0) is 29.3 Å². The maximum Gasteiger partial charge on any atom is 0.416 e. The van der Waals surface area contributed by atoms with Crippen molar-refractivity contribution < 1.29 is 22.7 Å². The predicted octanol–water partition coefficient (Wildman–Crippen LogP) is 4.00. The molecule has 0 fully saturated rings. The van der Waals surface area contributed by atoms with Crippen molar-refractivity contribution in [2.45, 2.75) is 12.8 Å². The smallest absolute Gasteiger partial charge is 0.392 e. The average molecular weight is 270 g/mol. The first kappa shape index (κ1) is 13.5. The van der Waals surface area contributed by atoms with Crippen LogP contribution in [0.3, 0.4) is 0 Å². The molecular weight excluding hydrogens is 260 g/mol. The van der Waals surface area contributed by atoms with E-state index in [1.165, 1.54) is 24.3 Å². The van der Waals surface area contributed by atoms with Gasteiger partial charge in [0.2, 0.25) is 0 Å². The SMILES string of the molecule is OCc1ccc(-c2ccc(C(F)(F)F)cc2)cc1F. The molecule has 0 radical (unpaired) electrons. The molecule has 1 N–H and O–H groups in total. The van der Waals surface area contributed by atoms with Gasteiger partial charge in [-0.1, -0.05) is 24.3 Å². The van der Waals surface area contributed by atoms with Crippen molar-refractivity contribution >= 4 is 0 Å². The molecule has 0 aliphatic rings. The van der Waals surface area contributed by atoms with E-state index in [9.17, 15) is 17.6 Å². The molecule has 0 heterocycles. The molecule has 2 aromatic carbocycles. The molecule has 0 spiro atoms. The van der Waals surface area contributed by atoms with Crippen LogP contribution < -0.4 is 0 Å². The minimum atomic E-state index is -4.38. The molecule has 0 aliphatic carbocycles. The third kappa shape index (κ3) is 2.93. The average Bonchev–Trinajstić information content (AvgIpc) is 2.38. The highest BCUT2D eigenvalue weighted by Crippen LogP contribution is 2.31. The van der Waals surface area contributed by atoms with Gasteiger partial charge in [0, 0.05) is 5.56 Å². The minimum Gasteiger partial charge on any atom is -0.392 e. The quantitative estimate of drug-likeness (QED) is 0.818. The van der Waals surface area contributed by atoms with Gasteiger partial charge in [-0.2, -0.15) is 13.2 Å². The number of hydrogen-bond donors (Lipinski definition) is 1. The van der Waals surface area contributed by atoms with Gasteiger partial charge in [0.05, 0.1) is 12.2 Å². The van der Waals surface area contributed by atoms with E-state index in [0.717, 1.165) is 12.1 Å². The lowest BCUT2D eigenvalue weighted by atomic mass is 10.0. The summed E-state index contributed by atoms with van der Waals surface area (Å²) in [5.41, 5.74) is 0.346. The van der Waals surface area contributed by atoms with Gasteiger partial charge in [0.15, 0.2) is 0 Å². The molecule has 0 aliphatic heterocycles. The van der Waals surface area contributed by atoms with E-state index in [0.29, 0.717) is 11.1 Å². The fourth-order valence-corrected chi connectivity index (χ4v) is 1.71. The van der Waals surface area contributed by atoms with Crippen LogP contribution in [0, 0.1) is 5.82 Å². The van der Waals surface area contributed by atoms with Crippen LogP contribution in [0.2, 0.25) is 0 Å². The summed E-state index contributed by atoms with van der Waals surface area (Å²) >= 11 is 0. The molecule has 2 rings (SSSR count). The fourth-order valence-electron chi connectivity index (χ4n) is 1.71. The third-order valence-corrected chi connectivity index (χ3v) is 2.77. The van der Waals surface area contributed by atoms with Crippen molar-refractivity contribution in [3.05, 3.63) is 59.4 Å². The summed E-state index contributed by atoms with van der Waals surface area (Å²) < 4.78 is 50.7. The second-order valence-electron chi connectivity index (χ2n) is 4.04. The lowest BCUT2D eigenvalue weighted by molar-refractivity contribution is -0.137. The highest BCUT2D eigenvalue weighted by molar-refractivity contribution is 5.64. The maximum absolute atomic E-state index is 13.5. The number of benzene rings is 2. The normalized spacial score (nSPS) is 11.6. The zero-order valence-electron chi connectivity index (χ0n) is 9.71. The van der Waals surface area contributed by atoms with Crippen LogP contribution in [0.5, 0.6) is 0 Å². The standard InChI is InChI=1S/C14H10F4O/c15-13-7-10(1-2-11(13)8-19)9-3-5-12(6-4-9)14(16,17)18/h1-7,19H,8H2. The van der Waals surface area contributed by atoms with Crippen molar-refractivity contribution in [2.75, 3.05) is 0 Å². The van der Waals surface area contributed by atoms with Crippen molar-refractivity contribution in [3.8, 4) is 11.1 Å². The fraction of sp³-hybridized carbons (Fsp3) is 0.143. The van der Waals surface area contributed by atoms with Crippen LogP contribution in [0.15, 0.2) is 42.5 Å². The Bertz CT molecular complexity index is 573. The van der Waals surface area contributed by atoms with Crippen molar-refractivity contribution in [2.24, 2.45) is 0 Å². The lowest BCUT2D eigenvalue weighted by Crippen LogP contribution is -2.04. The summed E-state index contributed by atoms with van der Waals surface area (Å²) in [6.45, 7) is -0.418. The molecule has 0 saturated heterocycles. The number of aliphatic hydroxyl groups excluding tert-OH is 1. The second kappa shape index (κ2) is 5.01. The highest BCUT2D eigenvalue weighted by Gasteiger charge is 2.29. The van der Waals surface area contributed by atoms with Crippen molar-refractivity contribution in [3.63, 3.8) is 0 Å². The van der Waals surface area contributed by atoms with Gasteiger partial charge >= 0.3 is 6.18 Å². The molecule has 0 saturated carbocycles. The van der Waals surface area contributed by atoms with Gasteiger partial charge in [-0.25, -0.2) is 4.39 Å². The Morgan fingerprint density at radius 1 is 0.895 bits per heavy atom. The summed E-state index contributed by atoms with van der Waals surface area (Å²) in [6.07, 6.45) is -4.38. The van der Waals surface area contributed by atoms with E-state index in [1.807, 2.05) is 0 Å². The van der Waals surface area contributed by atoms with Crippen molar-refractivity contribution in [1.29, 1.82) is 0 Å². The highest BCUT2D eigenvalue weighted by atomic mass is 19.4. The van der Waals surface area contributed by atoms with Gasteiger partial charge in [0.25, 0.3) is 0 Å². The predicted molar refractivity (Wildman–Crippen MR) is 62.8 cm³/mol. The van der Waals surface area contributed by atoms with E-state index in [1.54, 1.807) is 6.07 Å². The van der Waals surface area contributed by atoms with Gasteiger partial charge in [-0.15, -0.1) is 0 Å². The van der Waals surface area contributed by atoms with E-state index in [4.69, 9.17) is 5.11 Å². The Morgan fingerprint density at radius 3 is 1.95 bits per heavy atom. The molecule has 1 nitrogen and oxygen atoms in total. The molecule has 5 heteroatoms. The monoisotopic (exact) mass is 270 g/mol. The summed E-state index contributed by atoms with van der Waals surface area (Å²) in [4.78, 5) is 0. The number of aliphatic hydroxyl groups is 1. The van der Waals surface area contributed by atoms with Gasteiger partial charge in [0.1, 0.15) is 5.82 Å². The minimum absolute atomic E-state index is 0.149. The molecule has 0 atom stereocenters. The molecule has 100 valence electrons. The van der Waals surface area contributed by atoms with Crippen molar-refractivity contribution in [1.82, 2.24) is 0 Å². The Morgan fingerprint density at radius 2 is 1.47 bits per heavy atom. The molecular formula is C14H10F4O. The Hall–Kier alpha value is -1.88. The Kier molecular flexibility index (Phi) is 3.57. The molecule has 0 bridgehead atoms. The van der Waals surface area contributed by atoms with Crippen LogP contribution in [-0.2, 0) is 12.8 Å². The first-order valence-corrected chi connectivity index (χ1v) is 5.49.